The zero-order valence-corrected chi connectivity index (χ0v) is 14.1. The smallest absolute Gasteiger partial charge is 0.264 e. The van der Waals surface area contributed by atoms with Gasteiger partial charge >= 0.3 is 0 Å². The van der Waals surface area contributed by atoms with Crippen LogP contribution in [0.5, 0.6) is 0 Å². The highest BCUT2D eigenvalue weighted by Gasteiger charge is 2.21. The van der Waals surface area contributed by atoms with Crippen LogP contribution in [0, 0.1) is 0 Å². The van der Waals surface area contributed by atoms with Crippen LogP contribution in [-0.2, 0) is 19.4 Å². The molecule has 0 saturated heterocycles. The van der Waals surface area contributed by atoms with Crippen molar-refractivity contribution in [2.24, 2.45) is 0 Å². The number of nitrogens with zero attached hydrogens (tertiary/aromatic N) is 3. The standard InChI is InChI=1S/C18H18N4OS/c1-2-10-22-17(23)15-13-7-3-4-8-14(13)24-16(15)21-18(22)20-12-6-5-9-19-11-12/h2,5-6,9,11H,1,3-4,7-8,10H2,(H,20,21). The van der Waals surface area contributed by atoms with E-state index in [9.17, 15) is 4.79 Å². The SMILES string of the molecule is C=CCn1c(Nc2cccnc2)nc2sc3c(c2c1=O)CCCC3. The van der Waals surface area contributed by atoms with E-state index < -0.39 is 0 Å². The number of pyridine rings is 1. The second kappa shape index (κ2) is 6.20. The van der Waals surface area contributed by atoms with Crippen molar-refractivity contribution in [2.75, 3.05) is 5.32 Å². The molecule has 6 heteroatoms. The van der Waals surface area contributed by atoms with Gasteiger partial charge in [0.15, 0.2) is 0 Å². The van der Waals surface area contributed by atoms with Crippen molar-refractivity contribution in [3.8, 4) is 0 Å². The predicted molar refractivity (Wildman–Crippen MR) is 98.2 cm³/mol. The average molecular weight is 338 g/mol. The molecular weight excluding hydrogens is 320 g/mol. The third-order valence-corrected chi connectivity index (χ3v) is 5.49. The first-order valence-electron chi connectivity index (χ1n) is 8.11. The van der Waals surface area contributed by atoms with Crippen molar-refractivity contribution in [1.82, 2.24) is 14.5 Å². The van der Waals surface area contributed by atoms with Gasteiger partial charge in [0.25, 0.3) is 5.56 Å². The summed E-state index contributed by atoms with van der Waals surface area (Å²) in [4.78, 5) is 24.1. The number of hydrogen-bond acceptors (Lipinski definition) is 5. The van der Waals surface area contributed by atoms with Crippen molar-refractivity contribution >= 4 is 33.2 Å². The highest BCUT2D eigenvalue weighted by atomic mass is 32.1. The minimum absolute atomic E-state index is 0.0192. The lowest BCUT2D eigenvalue weighted by Gasteiger charge is -2.13. The Morgan fingerprint density at radius 2 is 2.25 bits per heavy atom. The molecule has 1 aliphatic rings. The fourth-order valence-corrected chi connectivity index (χ4v) is 4.45. The first kappa shape index (κ1) is 15.1. The molecule has 0 spiro atoms. The van der Waals surface area contributed by atoms with E-state index in [0.29, 0.717) is 12.5 Å². The number of aromatic nitrogens is 3. The summed E-state index contributed by atoms with van der Waals surface area (Å²) in [6, 6.07) is 3.75. The van der Waals surface area contributed by atoms with Gasteiger partial charge in [-0.1, -0.05) is 6.08 Å². The Hall–Kier alpha value is -2.47. The minimum atomic E-state index is 0.0192. The molecule has 0 fully saturated rings. The van der Waals surface area contributed by atoms with Crippen LogP contribution in [0.1, 0.15) is 23.3 Å². The van der Waals surface area contributed by atoms with E-state index in [1.54, 1.807) is 34.4 Å². The van der Waals surface area contributed by atoms with Gasteiger partial charge in [-0.25, -0.2) is 4.98 Å². The van der Waals surface area contributed by atoms with Crippen LogP contribution in [0.3, 0.4) is 0 Å². The monoisotopic (exact) mass is 338 g/mol. The van der Waals surface area contributed by atoms with E-state index >= 15 is 0 Å². The maximum Gasteiger partial charge on any atom is 0.264 e. The van der Waals surface area contributed by atoms with Crippen LogP contribution in [0.25, 0.3) is 10.2 Å². The van der Waals surface area contributed by atoms with E-state index in [-0.39, 0.29) is 5.56 Å². The Balaban J connectivity index is 1.91. The summed E-state index contributed by atoms with van der Waals surface area (Å²) >= 11 is 1.66. The van der Waals surface area contributed by atoms with Gasteiger partial charge in [-0.05, 0) is 43.4 Å². The Kier molecular flexibility index (Phi) is 3.90. The Morgan fingerprint density at radius 1 is 1.38 bits per heavy atom. The number of aryl methyl sites for hydroxylation is 2. The van der Waals surface area contributed by atoms with Gasteiger partial charge in [0.2, 0.25) is 5.95 Å². The molecule has 5 nitrogen and oxygen atoms in total. The largest absolute Gasteiger partial charge is 0.324 e. The molecule has 0 bridgehead atoms. The molecule has 3 heterocycles. The topological polar surface area (TPSA) is 59.8 Å². The van der Waals surface area contributed by atoms with Gasteiger partial charge in [-0.2, -0.15) is 0 Å². The van der Waals surface area contributed by atoms with Crippen LogP contribution < -0.4 is 10.9 Å². The van der Waals surface area contributed by atoms with Crippen LogP contribution in [-0.4, -0.2) is 14.5 Å². The van der Waals surface area contributed by atoms with Gasteiger partial charge in [0, 0.05) is 17.6 Å². The van der Waals surface area contributed by atoms with Crippen LogP contribution >= 0.6 is 11.3 Å². The highest BCUT2D eigenvalue weighted by molar-refractivity contribution is 7.18. The predicted octanol–water partition coefficient (Wildman–Crippen LogP) is 3.66. The lowest BCUT2D eigenvalue weighted by molar-refractivity contribution is 0.698. The van der Waals surface area contributed by atoms with Crippen molar-refractivity contribution in [2.45, 2.75) is 32.2 Å². The number of anilines is 2. The summed E-state index contributed by atoms with van der Waals surface area (Å²) in [6.07, 6.45) is 9.54. The summed E-state index contributed by atoms with van der Waals surface area (Å²) in [6.45, 7) is 4.20. The number of nitrogens with one attached hydrogen (secondary N) is 1. The number of rotatable bonds is 4. The molecule has 0 saturated carbocycles. The van der Waals surface area contributed by atoms with Gasteiger partial charge < -0.3 is 5.32 Å². The van der Waals surface area contributed by atoms with Gasteiger partial charge in [-0.15, -0.1) is 17.9 Å². The maximum absolute atomic E-state index is 13.1. The average Bonchev–Trinajstić information content (AvgIpc) is 2.97. The lowest BCUT2D eigenvalue weighted by Crippen LogP contribution is -2.24. The molecule has 4 rings (SSSR count). The first-order valence-corrected chi connectivity index (χ1v) is 8.92. The molecule has 1 N–H and O–H groups in total. The molecule has 3 aromatic heterocycles. The number of thiophene rings is 1. The quantitative estimate of drug-likeness (QED) is 0.738. The molecule has 0 radical (unpaired) electrons. The van der Waals surface area contributed by atoms with E-state index in [1.165, 1.54) is 16.9 Å². The summed E-state index contributed by atoms with van der Waals surface area (Å²) < 4.78 is 1.66. The van der Waals surface area contributed by atoms with Crippen molar-refractivity contribution in [3.63, 3.8) is 0 Å². The first-order chi connectivity index (χ1) is 11.8. The van der Waals surface area contributed by atoms with E-state index in [1.807, 2.05) is 12.1 Å². The van der Waals surface area contributed by atoms with Crippen molar-refractivity contribution < 1.29 is 0 Å². The third-order valence-electron chi connectivity index (χ3n) is 4.30. The molecule has 122 valence electrons. The molecule has 0 atom stereocenters. The Bertz CT molecular complexity index is 959. The van der Waals surface area contributed by atoms with E-state index in [2.05, 4.69) is 16.9 Å². The fraction of sp³-hybridized carbons (Fsp3) is 0.278. The van der Waals surface area contributed by atoms with Crippen LogP contribution in [0.15, 0.2) is 42.0 Å². The van der Waals surface area contributed by atoms with E-state index in [0.717, 1.165) is 35.2 Å². The Labute approximate surface area is 143 Å². The number of hydrogen-bond donors (Lipinski definition) is 1. The van der Waals surface area contributed by atoms with Crippen molar-refractivity contribution in [1.29, 1.82) is 0 Å². The minimum Gasteiger partial charge on any atom is -0.324 e. The molecular formula is C18H18N4OS. The summed E-state index contributed by atoms with van der Waals surface area (Å²) in [5, 5.41) is 4.02. The molecule has 0 amide bonds. The second-order valence-electron chi connectivity index (χ2n) is 5.90. The number of fused-ring (bicyclic) bond motifs is 3. The van der Waals surface area contributed by atoms with Crippen LogP contribution in [0.2, 0.25) is 0 Å². The fourth-order valence-electron chi connectivity index (χ4n) is 3.20. The second-order valence-corrected chi connectivity index (χ2v) is 6.98. The van der Waals surface area contributed by atoms with Gasteiger partial charge in [-0.3, -0.25) is 14.3 Å². The van der Waals surface area contributed by atoms with E-state index in [4.69, 9.17) is 4.98 Å². The van der Waals surface area contributed by atoms with Gasteiger partial charge in [0.05, 0.1) is 17.3 Å². The summed E-state index contributed by atoms with van der Waals surface area (Å²) in [5.74, 6) is 0.541. The number of allylic oxidation sites excluding steroid dienone is 1. The zero-order valence-electron chi connectivity index (χ0n) is 13.3. The van der Waals surface area contributed by atoms with Crippen molar-refractivity contribution in [3.05, 3.63) is 58.0 Å². The molecule has 1 aliphatic carbocycles. The molecule has 0 aliphatic heterocycles. The molecule has 3 aromatic rings. The highest BCUT2D eigenvalue weighted by Crippen LogP contribution is 2.34. The lowest BCUT2D eigenvalue weighted by atomic mass is 9.97. The zero-order chi connectivity index (χ0) is 16.5. The molecule has 0 aromatic carbocycles. The van der Waals surface area contributed by atoms with Gasteiger partial charge in [0.1, 0.15) is 4.83 Å². The summed E-state index contributed by atoms with van der Waals surface area (Å²) in [7, 11) is 0. The Morgan fingerprint density at radius 3 is 3.04 bits per heavy atom. The molecule has 24 heavy (non-hydrogen) atoms. The third kappa shape index (κ3) is 2.53. The normalized spacial score (nSPS) is 13.7. The maximum atomic E-state index is 13.1. The summed E-state index contributed by atoms with van der Waals surface area (Å²) in [5.41, 5.74) is 2.04. The van der Waals surface area contributed by atoms with Crippen LogP contribution in [0.4, 0.5) is 11.6 Å². The molecule has 0 unspecified atom stereocenters.